The first-order chi connectivity index (χ1) is 12.6. The molecule has 2 heterocycles. The number of anilines is 1. The molecule has 1 N–H and O–H groups in total. The van der Waals surface area contributed by atoms with Crippen molar-refractivity contribution in [3.63, 3.8) is 0 Å². The van der Waals surface area contributed by atoms with E-state index in [1.54, 1.807) is 6.07 Å². The first kappa shape index (κ1) is 17.1. The number of thioether (sulfide) groups is 1. The highest BCUT2D eigenvalue weighted by atomic mass is 35.5. The number of fused-ring (bicyclic) bond motifs is 2. The van der Waals surface area contributed by atoms with E-state index in [2.05, 4.69) is 5.32 Å². The van der Waals surface area contributed by atoms with Crippen molar-refractivity contribution in [1.82, 2.24) is 4.57 Å². The predicted molar refractivity (Wildman–Crippen MR) is 105 cm³/mol. The molecule has 0 saturated carbocycles. The number of amides is 1. The zero-order valence-corrected chi connectivity index (χ0v) is 15.9. The standard InChI is InChI=1S/C19H17ClN2O3S/c1-22-13-6-4-3-5-11(13)17(20)18(22)19(23)21-12-9-14-15(10-16(12)26-2)25-8-7-24-14/h3-6,9-10H,7-8H2,1-2H3,(H,21,23). The highest BCUT2D eigenvalue weighted by Crippen LogP contribution is 2.40. The Labute approximate surface area is 160 Å². The summed E-state index contributed by atoms with van der Waals surface area (Å²) in [5.74, 6) is 1.06. The monoisotopic (exact) mass is 388 g/mol. The molecule has 4 rings (SSSR count). The number of ether oxygens (including phenoxy) is 2. The van der Waals surface area contributed by atoms with E-state index in [9.17, 15) is 4.79 Å². The molecule has 0 saturated heterocycles. The van der Waals surface area contributed by atoms with Crippen LogP contribution in [0.2, 0.25) is 5.02 Å². The van der Waals surface area contributed by atoms with Crippen LogP contribution in [-0.4, -0.2) is 29.9 Å². The van der Waals surface area contributed by atoms with Gasteiger partial charge >= 0.3 is 0 Å². The molecular formula is C19H17ClN2O3S. The summed E-state index contributed by atoms with van der Waals surface area (Å²) in [4.78, 5) is 13.9. The largest absolute Gasteiger partial charge is 0.486 e. The Morgan fingerprint density at radius 2 is 1.88 bits per heavy atom. The normalized spacial score (nSPS) is 13.0. The first-order valence-electron chi connectivity index (χ1n) is 8.12. The van der Waals surface area contributed by atoms with Gasteiger partial charge in [0.2, 0.25) is 0 Å². The summed E-state index contributed by atoms with van der Waals surface area (Å²) >= 11 is 8.01. The number of halogens is 1. The third-order valence-electron chi connectivity index (χ3n) is 4.37. The van der Waals surface area contributed by atoms with Crippen LogP contribution in [0.15, 0.2) is 41.3 Å². The van der Waals surface area contributed by atoms with Crippen LogP contribution in [0, 0.1) is 0 Å². The number of nitrogens with one attached hydrogen (secondary N) is 1. The maximum absolute atomic E-state index is 13.0. The van der Waals surface area contributed by atoms with Crippen molar-refractivity contribution in [2.45, 2.75) is 4.90 Å². The van der Waals surface area contributed by atoms with Crippen molar-refractivity contribution in [3.05, 3.63) is 47.1 Å². The molecule has 26 heavy (non-hydrogen) atoms. The van der Waals surface area contributed by atoms with Gasteiger partial charge in [0.15, 0.2) is 11.5 Å². The number of hydrogen-bond acceptors (Lipinski definition) is 4. The van der Waals surface area contributed by atoms with Crippen LogP contribution in [0.5, 0.6) is 11.5 Å². The molecule has 1 aliphatic heterocycles. The Morgan fingerprint density at radius 1 is 1.19 bits per heavy atom. The quantitative estimate of drug-likeness (QED) is 0.667. The summed E-state index contributed by atoms with van der Waals surface area (Å²) in [6.07, 6.45) is 1.95. The van der Waals surface area contributed by atoms with Gasteiger partial charge in [-0.3, -0.25) is 4.79 Å². The Hall–Kier alpha value is -2.31. The summed E-state index contributed by atoms with van der Waals surface area (Å²) < 4.78 is 13.1. The maximum Gasteiger partial charge on any atom is 0.273 e. The molecule has 0 fully saturated rings. The van der Waals surface area contributed by atoms with Gasteiger partial charge in [0.05, 0.1) is 10.7 Å². The van der Waals surface area contributed by atoms with Crippen molar-refractivity contribution in [1.29, 1.82) is 0 Å². The molecule has 3 aromatic rings. The van der Waals surface area contributed by atoms with Crippen molar-refractivity contribution in [3.8, 4) is 11.5 Å². The third kappa shape index (κ3) is 2.79. The van der Waals surface area contributed by atoms with Crippen LogP contribution in [-0.2, 0) is 7.05 Å². The topological polar surface area (TPSA) is 52.5 Å². The molecule has 0 radical (unpaired) electrons. The van der Waals surface area contributed by atoms with Gasteiger partial charge in [0.1, 0.15) is 18.9 Å². The Morgan fingerprint density at radius 3 is 2.58 bits per heavy atom. The second kappa shape index (κ2) is 6.78. The van der Waals surface area contributed by atoms with E-state index in [4.69, 9.17) is 21.1 Å². The maximum atomic E-state index is 13.0. The van der Waals surface area contributed by atoms with Gasteiger partial charge in [-0.05, 0) is 18.4 Å². The van der Waals surface area contributed by atoms with Crippen LogP contribution in [0.25, 0.3) is 10.9 Å². The number of rotatable bonds is 3. The van der Waals surface area contributed by atoms with Crippen molar-refractivity contribution < 1.29 is 14.3 Å². The summed E-state index contributed by atoms with van der Waals surface area (Å²) in [5, 5.41) is 4.27. The first-order valence-corrected chi connectivity index (χ1v) is 9.72. The molecule has 5 nitrogen and oxygen atoms in total. The summed E-state index contributed by atoms with van der Waals surface area (Å²) in [7, 11) is 1.84. The van der Waals surface area contributed by atoms with Gasteiger partial charge in [-0.25, -0.2) is 0 Å². The SMILES string of the molecule is CSc1cc2c(cc1NC(=O)c1c(Cl)c3ccccc3n1C)OCCO2. The van der Waals surface area contributed by atoms with E-state index in [-0.39, 0.29) is 5.91 Å². The van der Waals surface area contributed by atoms with E-state index in [1.807, 2.05) is 48.2 Å². The van der Waals surface area contributed by atoms with E-state index in [1.165, 1.54) is 11.8 Å². The van der Waals surface area contributed by atoms with Gasteiger partial charge in [-0.2, -0.15) is 0 Å². The number of aryl methyl sites for hydroxylation is 1. The number of aromatic nitrogens is 1. The highest BCUT2D eigenvalue weighted by molar-refractivity contribution is 7.98. The molecule has 134 valence electrons. The Kier molecular flexibility index (Phi) is 4.46. The molecule has 7 heteroatoms. The van der Waals surface area contributed by atoms with Gasteiger partial charge in [-0.15, -0.1) is 11.8 Å². The number of carbonyl (C=O) groups excluding carboxylic acids is 1. The second-order valence-electron chi connectivity index (χ2n) is 5.89. The Balaban J connectivity index is 1.73. The van der Waals surface area contributed by atoms with Crippen LogP contribution in [0.3, 0.4) is 0 Å². The molecule has 0 spiro atoms. The van der Waals surface area contributed by atoms with Crippen molar-refractivity contribution >= 4 is 45.9 Å². The van der Waals surface area contributed by atoms with Crippen molar-refractivity contribution in [2.24, 2.45) is 7.05 Å². The molecule has 1 aromatic heterocycles. The number of hydrogen-bond donors (Lipinski definition) is 1. The fourth-order valence-corrected chi connectivity index (χ4v) is 4.04. The molecule has 1 amide bonds. The molecular weight excluding hydrogens is 372 g/mol. The lowest BCUT2D eigenvalue weighted by Crippen LogP contribution is -2.18. The van der Waals surface area contributed by atoms with Crippen LogP contribution < -0.4 is 14.8 Å². The average Bonchev–Trinajstić information content (AvgIpc) is 2.92. The fraction of sp³-hybridized carbons (Fsp3) is 0.211. The summed E-state index contributed by atoms with van der Waals surface area (Å²) in [6, 6.07) is 11.4. The molecule has 1 aliphatic rings. The van der Waals surface area contributed by atoms with Crippen LogP contribution >= 0.6 is 23.4 Å². The lowest BCUT2D eigenvalue weighted by Gasteiger charge is -2.21. The van der Waals surface area contributed by atoms with E-state index < -0.39 is 0 Å². The number of benzene rings is 2. The van der Waals surface area contributed by atoms with Gasteiger partial charge in [0.25, 0.3) is 5.91 Å². The average molecular weight is 389 g/mol. The summed E-state index contributed by atoms with van der Waals surface area (Å²) in [6.45, 7) is 1.02. The lowest BCUT2D eigenvalue weighted by molar-refractivity contribution is 0.101. The minimum atomic E-state index is -0.263. The zero-order chi connectivity index (χ0) is 18.3. The molecule has 0 atom stereocenters. The minimum absolute atomic E-state index is 0.263. The van der Waals surface area contributed by atoms with Gasteiger partial charge < -0.3 is 19.4 Å². The molecule has 0 aliphatic carbocycles. The molecule has 2 aromatic carbocycles. The smallest absolute Gasteiger partial charge is 0.273 e. The number of para-hydroxylation sites is 1. The van der Waals surface area contributed by atoms with E-state index in [0.29, 0.717) is 41.1 Å². The fourth-order valence-electron chi connectivity index (χ4n) is 3.12. The number of nitrogens with zero attached hydrogens (tertiary/aromatic N) is 1. The minimum Gasteiger partial charge on any atom is -0.486 e. The zero-order valence-electron chi connectivity index (χ0n) is 14.3. The lowest BCUT2D eigenvalue weighted by atomic mass is 10.2. The number of carbonyl (C=O) groups is 1. The van der Waals surface area contributed by atoms with E-state index >= 15 is 0 Å². The van der Waals surface area contributed by atoms with Crippen LogP contribution in [0.1, 0.15) is 10.5 Å². The van der Waals surface area contributed by atoms with Gasteiger partial charge in [0, 0.05) is 28.9 Å². The molecule has 0 bridgehead atoms. The molecule has 0 unspecified atom stereocenters. The van der Waals surface area contributed by atoms with Gasteiger partial charge in [-0.1, -0.05) is 29.8 Å². The second-order valence-corrected chi connectivity index (χ2v) is 7.12. The van der Waals surface area contributed by atoms with E-state index in [0.717, 1.165) is 15.8 Å². The third-order valence-corrected chi connectivity index (χ3v) is 5.53. The van der Waals surface area contributed by atoms with Crippen LogP contribution in [0.4, 0.5) is 5.69 Å². The highest BCUT2D eigenvalue weighted by Gasteiger charge is 2.22. The Bertz CT molecular complexity index is 977. The summed E-state index contributed by atoms with van der Waals surface area (Å²) in [5.41, 5.74) is 2.01. The van der Waals surface area contributed by atoms with Crippen molar-refractivity contribution in [2.75, 3.05) is 24.8 Å². The predicted octanol–water partition coefficient (Wildman–Crippen LogP) is 4.58.